The van der Waals surface area contributed by atoms with Gasteiger partial charge in [-0.1, -0.05) is 24.3 Å². The van der Waals surface area contributed by atoms with Crippen molar-refractivity contribution in [2.24, 2.45) is 0 Å². The molecule has 0 fully saturated rings. The zero-order valence-corrected chi connectivity index (χ0v) is 15.0. The quantitative estimate of drug-likeness (QED) is 0.483. The van der Waals surface area contributed by atoms with Gasteiger partial charge < -0.3 is 10.3 Å². The molecular weight excluding hydrogens is 387 g/mol. The van der Waals surface area contributed by atoms with Gasteiger partial charge in [0.25, 0.3) is 0 Å². The van der Waals surface area contributed by atoms with Gasteiger partial charge in [-0.15, -0.1) is 11.3 Å². The highest BCUT2D eigenvalue weighted by molar-refractivity contribution is 7.13. The molecule has 2 N–H and O–H groups in total. The number of hydrogen-bond acceptors (Lipinski definition) is 5. The second kappa shape index (κ2) is 6.98. The number of H-pyrrole nitrogens is 1. The first-order chi connectivity index (χ1) is 13.4. The minimum Gasteiger partial charge on any atom is -0.366 e. The van der Waals surface area contributed by atoms with Crippen molar-refractivity contribution in [2.45, 2.75) is 12.2 Å². The third-order valence-corrected chi connectivity index (χ3v) is 5.04. The molecule has 0 aliphatic heterocycles. The number of nitriles is 1. The lowest BCUT2D eigenvalue weighted by atomic mass is 10.1. The molecule has 0 radical (unpaired) electrons. The molecule has 140 valence electrons. The number of nitrogens with zero attached hydrogens (tertiary/aromatic N) is 3. The van der Waals surface area contributed by atoms with Crippen LogP contribution in [0.4, 0.5) is 18.9 Å². The van der Waals surface area contributed by atoms with Crippen molar-refractivity contribution in [3.8, 4) is 16.6 Å². The standard InChI is InChI=1S/C19H12F3N5S/c20-19(21,22)17-9-28-18(27-17)12-3-1-11(2-4-12)16(8-23)26-13-5-6-14-15(7-13)25-10-24-14/h1-7,9-10,16,26H,(H,24,25). The van der Waals surface area contributed by atoms with Crippen LogP contribution in [-0.4, -0.2) is 15.0 Å². The molecule has 2 aromatic carbocycles. The number of anilines is 1. The monoisotopic (exact) mass is 399 g/mol. The Morgan fingerprint density at radius 1 is 1.14 bits per heavy atom. The summed E-state index contributed by atoms with van der Waals surface area (Å²) in [7, 11) is 0. The number of fused-ring (bicyclic) bond motifs is 1. The van der Waals surface area contributed by atoms with Crippen LogP contribution in [0.2, 0.25) is 0 Å². The number of aromatic amines is 1. The molecule has 0 spiro atoms. The highest BCUT2D eigenvalue weighted by Gasteiger charge is 2.33. The summed E-state index contributed by atoms with van der Waals surface area (Å²) >= 11 is 0.933. The minimum absolute atomic E-state index is 0.282. The average Bonchev–Trinajstić information content (AvgIpc) is 3.35. The van der Waals surface area contributed by atoms with E-state index in [0.717, 1.165) is 33.4 Å². The minimum atomic E-state index is -4.46. The first-order valence-electron chi connectivity index (χ1n) is 8.16. The van der Waals surface area contributed by atoms with Gasteiger partial charge in [0.2, 0.25) is 0 Å². The molecule has 0 aliphatic carbocycles. The summed E-state index contributed by atoms with van der Waals surface area (Å²) in [6.07, 6.45) is -2.86. The smallest absolute Gasteiger partial charge is 0.366 e. The second-order valence-corrected chi connectivity index (χ2v) is 6.86. The summed E-state index contributed by atoms with van der Waals surface area (Å²) in [5.41, 5.74) is 2.79. The molecule has 0 saturated heterocycles. The lowest BCUT2D eigenvalue weighted by Crippen LogP contribution is -2.08. The molecule has 5 nitrogen and oxygen atoms in total. The lowest BCUT2D eigenvalue weighted by molar-refractivity contribution is -0.140. The number of halogens is 3. The molecule has 0 saturated carbocycles. The molecule has 4 rings (SSSR count). The fourth-order valence-corrected chi connectivity index (χ4v) is 3.57. The predicted molar refractivity (Wildman–Crippen MR) is 101 cm³/mol. The predicted octanol–water partition coefficient (Wildman–Crippen LogP) is 5.38. The van der Waals surface area contributed by atoms with Gasteiger partial charge in [0.15, 0.2) is 5.69 Å². The van der Waals surface area contributed by atoms with Gasteiger partial charge in [0, 0.05) is 16.6 Å². The molecular formula is C19H12F3N5S. The summed E-state index contributed by atoms with van der Waals surface area (Å²) in [5, 5.41) is 13.9. The van der Waals surface area contributed by atoms with Crippen molar-refractivity contribution in [1.82, 2.24) is 15.0 Å². The second-order valence-electron chi connectivity index (χ2n) is 6.00. The van der Waals surface area contributed by atoms with E-state index in [2.05, 4.69) is 26.3 Å². The molecule has 1 unspecified atom stereocenters. The number of hydrogen-bond donors (Lipinski definition) is 2. The van der Waals surface area contributed by atoms with Crippen LogP contribution in [0, 0.1) is 11.3 Å². The van der Waals surface area contributed by atoms with E-state index in [4.69, 9.17) is 0 Å². The van der Waals surface area contributed by atoms with Crippen LogP contribution >= 0.6 is 11.3 Å². The van der Waals surface area contributed by atoms with E-state index in [9.17, 15) is 18.4 Å². The van der Waals surface area contributed by atoms with Crippen LogP contribution in [0.15, 0.2) is 54.2 Å². The fourth-order valence-electron chi connectivity index (χ4n) is 2.74. The van der Waals surface area contributed by atoms with Gasteiger partial charge >= 0.3 is 6.18 Å². The van der Waals surface area contributed by atoms with Gasteiger partial charge in [0.05, 0.1) is 23.4 Å². The van der Waals surface area contributed by atoms with E-state index in [1.165, 1.54) is 0 Å². The van der Waals surface area contributed by atoms with Crippen LogP contribution in [0.3, 0.4) is 0 Å². The zero-order valence-electron chi connectivity index (χ0n) is 14.2. The molecule has 0 aliphatic rings. The summed E-state index contributed by atoms with van der Waals surface area (Å²) in [6, 6.07) is 13.9. The van der Waals surface area contributed by atoms with E-state index >= 15 is 0 Å². The van der Waals surface area contributed by atoms with Crippen molar-refractivity contribution in [2.75, 3.05) is 5.32 Å². The molecule has 0 bridgehead atoms. The van der Waals surface area contributed by atoms with Gasteiger partial charge in [-0.2, -0.15) is 18.4 Å². The fraction of sp³-hybridized carbons (Fsp3) is 0.105. The topological polar surface area (TPSA) is 77.4 Å². The van der Waals surface area contributed by atoms with Crippen molar-refractivity contribution < 1.29 is 13.2 Å². The highest BCUT2D eigenvalue weighted by Crippen LogP contribution is 2.34. The van der Waals surface area contributed by atoms with Crippen molar-refractivity contribution >= 4 is 28.1 Å². The van der Waals surface area contributed by atoms with Crippen molar-refractivity contribution in [3.63, 3.8) is 0 Å². The number of aromatic nitrogens is 3. The van der Waals surface area contributed by atoms with E-state index in [1.54, 1.807) is 30.6 Å². The maximum atomic E-state index is 12.7. The Morgan fingerprint density at radius 2 is 1.93 bits per heavy atom. The number of thiazole rings is 1. The van der Waals surface area contributed by atoms with Crippen LogP contribution in [0.5, 0.6) is 0 Å². The van der Waals surface area contributed by atoms with Crippen LogP contribution in [0.1, 0.15) is 17.3 Å². The van der Waals surface area contributed by atoms with Crippen LogP contribution < -0.4 is 5.32 Å². The summed E-state index contributed by atoms with van der Waals surface area (Å²) in [5.74, 6) is 0. The lowest BCUT2D eigenvalue weighted by Gasteiger charge is -2.13. The SMILES string of the molecule is N#CC(Nc1ccc2nc[nH]c2c1)c1ccc(-c2nc(C(F)(F)F)cs2)cc1. The Balaban J connectivity index is 1.54. The number of rotatable bonds is 4. The molecule has 2 heterocycles. The van der Waals surface area contributed by atoms with E-state index < -0.39 is 17.9 Å². The van der Waals surface area contributed by atoms with Crippen LogP contribution in [-0.2, 0) is 6.18 Å². The Bertz CT molecular complexity index is 1150. The first kappa shape index (κ1) is 18.0. The number of imidazole rings is 1. The maximum absolute atomic E-state index is 12.7. The van der Waals surface area contributed by atoms with Gasteiger partial charge in [0.1, 0.15) is 11.0 Å². The first-order valence-corrected chi connectivity index (χ1v) is 9.04. The number of benzene rings is 2. The number of nitrogens with one attached hydrogen (secondary N) is 2. The van der Waals surface area contributed by atoms with Gasteiger partial charge in [-0.25, -0.2) is 9.97 Å². The average molecular weight is 399 g/mol. The summed E-state index contributed by atoms with van der Waals surface area (Å²) in [6.45, 7) is 0. The van der Waals surface area contributed by atoms with E-state index in [-0.39, 0.29) is 5.01 Å². The maximum Gasteiger partial charge on any atom is 0.434 e. The Morgan fingerprint density at radius 3 is 2.61 bits per heavy atom. The normalized spacial score (nSPS) is 12.6. The summed E-state index contributed by atoms with van der Waals surface area (Å²) < 4.78 is 38.1. The van der Waals surface area contributed by atoms with Crippen molar-refractivity contribution in [1.29, 1.82) is 5.26 Å². The molecule has 28 heavy (non-hydrogen) atoms. The van der Waals surface area contributed by atoms with E-state index in [1.807, 2.05) is 18.2 Å². The molecule has 0 amide bonds. The largest absolute Gasteiger partial charge is 0.434 e. The Labute approximate surface area is 161 Å². The Kier molecular flexibility index (Phi) is 4.49. The molecule has 4 aromatic rings. The zero-order chi connectivity index (χ0) is 19.7. The van der Waals surface area contributed by atoms with Crippen molar-refractivity contribution in [3.05, 3.63) is 65.4 Å². The van der Waals surface area contributed by atoms with Gasteiger partial charge in [-0.05, 0) is 23.8 Å². The molecule has 2 aromatic heterocycles. The van der Waals surface area contributed by atoms with Crippen LogP contribution in [0.25, 0.3) is 21.6 Å². The Hall–Kier alpha value is -3.38. The molecule has 9 heteroatoms. The molecule has 1 atom stereocenters. The van der Waals surface area contributed by atoms with E-state index in [0.29, 0.717) is 11.1 Å². The number of alkyl halides is 3. The highest BCUT2D eigenvalue weighted by atomic mass is 32.1. The summed E-state index contributed by atoms with van der Waals surface area (Å²) in [4.78, 5) is 10.8. The third kappa shape index (κ3) is 3.54. The third-order valence-electron chi connectivity index (χ3n) is 4.15. The van der Waals surface area contributed by atoms with Gasteiger partial charge in [-0.3, -0.25) is 0 Å².